The Balaban J connectivity index is 0.000000132. The molecule has 0 atom stereocenters. The minimum atomic E-state index is 0.759. The third-order valence-corrected chi connectivity index (χ3v) is 1.37. The van der Waals surface area contributed by atoms with Crippen molar-refractivity contribution in [2.24, 2.45) is 0 Å². The Bertz CT molecular complexity index is 279. The molecule has 66 valence electrons. The molecule has 0 radical (unpaired) electrons. The van der Waals surface area contributed by atoms with Gasteiger partial charge in [0.05, 0.1) is 0 Å². The summed E-state index contributed by atoms with van der Waals surface area (Å²) in [7, 11) is 0. The average molecular weight is 172 g/mol. The third kappa shape index (κ3) is 4.58. The molecule has 13 heavy (non-hydrogen) atoms. The molecule has 0 bridgehead atoms. The van der Waals surface area contributed by atoms with E-state index in [9.17, 15) is 0 Å². The van der Waals surface area contributed by atoms with Crippen molar-refractivity contribution in [3.63, 3.8) is 0 Å². The largest absolute Gasteiger partial charge is 0.399 e. The quantitative estimate of drug-likeness (QED) is 0.662. The molecule has 0 unspecified atom stereocenters. The van der Waals surface area contributed by atoms with E-state index in [0.29, 0.717) is 0 Å². The summed E-state index contributed by atoms with van der Waals surface area (Å²) in [4.78, 5) is 3.77. The van der Waals surface area contributed by atoms with E-state index < -0.39 is 0 Å². The lowest BCUT2D eigenvalue weighted by Crippen LogP contribution is -1.81. The van der Waals surface area contributed by atoms with Crippen LogP contribution in [0.3, 0.4) is 0 Å². The van der Waals surface area contributed by atoms with Gasteiger partial charge in [0.25, 0.3) is 0 Å². The molecule has 2 aromatic rings. The lowest BCUT2D eigenvalue weighted by molar-refractivity contribution is 1.33. The normalized spacial score (nSPS) is 8.31. The van der Waals surface area contributed by atoms with Crippen LogP contribution in [0.25, 0.3) is 0 Å². The molecule has 0 spiro atoms. The molecule has 0 saturated carbocycles. The second-order valence-corrected chi connectivity index (χ2v) is 2.44. The van der Waals surface area contributed by atoms with Gasteiger partial charge < -0.3 is 5.73 Å². The minimum absolute atomic E-state index is 0.759. The molecule has 1 aromatic heterocycles. The van der Waals surface area contributed by atoms with Crippen LogP contribution in [0.5, 0.6) is 0 Å². The van der Waals surface area contributed by atoms with Crippen LogP contribution in [0.1, 0.15) is 0 Å². The van der Waals surface area contributed by atoms with Gasteiger partial charge in [-0.05, 0) is 12.1 Å². The highest BCUT2D eigenvalue weighted by atomic mass is 14.6. The monoisotopic (exact) mass is 172 g/mol. The maximum absolute atomic E-state index is 5.32. The number of anilines is 1. The Morgan fingerprint density at radius 2 is 1.15 bits per heavy atom. The number of nitrogen functional groups attached to an aromatic ring is 1. The minimum Gasteiger partial charge on any atom is -0.399 e. The fraction of sp³-hybridized carbons (Fsp3) is 0. The maximum atomic E-state index is 5.32. The zero-order valence-electron chi connectivity index (χ0n) is 7.30. The van der Waals surface area contributed by atoms with Crippen LogP contribution in [0.15, 0.2) is 60.9 Å². The van der Waals surface area contributed by atoms with Gasteiger partial charge in [0, 0.05) is 18.1 Å². The second kappa shape index (κ2) is 5.77. The van der Waals surface area contributed by atoms with Crippen LogP contribution in [0, 0.1) is 0 Å². The van der Waals surface area contributed by atoms with Gasteiger partial charge >= 0.3 is 0 Å². The SMILES string of the molecule is Nc1ccncc1.c1ccccc1. The van der Waals surface area contributed by atoms with E-state index in [2.05, 4.69) is 4.98 Å². The fourth-order valence-electron chi connectivity index (χ4n) is 0.748. The van der Waals surface area contributed by atoms with Crippen molar-refractivity contribution in [3.05, 3.63) is 60.9 Å². The number of rotatable bonds is 0. The first kappa shape index (κ1) is 9.26. The van der Waals surface area contributed by atoms with Gasteiger partial charge in [0.2, 0.25) is 0 Å². The first-order valence-corrected chi connectivity index (χ1v) is 4.05. The van der Waals surface area contributed by atoms with Crippen molar-refractivity contribution < 1.29 is 0 Å². The zero-order chi connectivity index (χ0) is 9.36. The molecule has 0 saturated heterocycles. The lowest BCUT2D eigenvalue weighted by atomic mass is 10.4. The summed E-state index contributed by atoms with van der Waals surface area (Å²) >= 11 is 0. The molecule has 0 aliphatic carbocycles. The molecule has 0 amide bonds. The summed E-state index contributed by atoms with van der Waals surface area (Å²) in [6, 6.07) is 15.5. The van der Waals surface area contributed by atoms with Crippen LogP contribution >= 0.6 is 0 Å². The van der Waals surface area contributed by atoms with Crippen LogP contribution in [0.4, 0.5) is 5.69 Å². The van der Waals surface area contributed by atoms with E-state index in [4.69, 9.17) is 5.73 Å². The van der Waals surface area contributed by atoms with Crippen LogP contribution < -0.4 is 5.73 Å². The van der Waals surface area contributed by atoms with E-state index in [1.807, 2.05) is 36.4 Å². The highest BCUT2D eigenvalue weighted by molar-refractivity contribution is 5.33. The van der Waals surface area contributed by atoms with E-state index >= 15 is 0 Å². The molecule has 0 aliphatic heterocycles. The standard InChI is InChI=1S/C6H6.C5H6N2/c1-2-4-6-5-3-1;6-5-1-3-7-4-2-5/h1-6H;1-4H,(H2,6,7). The molecule has 2 rings (SSSR count). The van der Waals surface area contributed by atoms with E-state index in [-0.39, 0.29) is 0 Å². The Morgan fingerprint density at radius 1 is 0.769 bits per heavy atom. The second-order valence-electron chi connectivity index (χ2n) is 2.44. The predicted molar refractivity (Wildman–Crippen MR) is 55.1 cm³/mol. The molecule has 2 N–H and O–H groups in total. The molecular formula is C11H12N2. The van der Waals surface area contributed by atoms with E-state index in [1.165, 1.54) is 0 Å². The number of pyridine rings is 1. The average Bonchev–Trinajstić information content (AvgIpc) is 2.22. The van der Waals surface area contributed by atoms with E-state index in [0.717, 1.165) is 5.69 Å². The molecule has 1 aromatic carbocycles. The van der Waals surface area contributed by atoms with Gasteiger partial charge in [-0.3, -0.25) is 4.98 Å². The Morgan fingerprint density at radius 3 is 1.38 bits per heavy atom. The highest BCUT2D eigenvalue weighted by Gasteiger charge is 1.73. The molecule has 0 fully saturated rings. The van der Waals surface area contributed by atoms with Crippen LogP contribution in [-0.4, -0.2) is 4.98 Å². The Kier molecular flexibility index (Phi) is 4.11. The summed E-state index contributed by atoms with van der Waals surface area (Å²) in [5, 5.41) is 0. The summed E-state index contributed by atoms with van der Waals surface area (Å²) in [5.74, 6) is 0. The predicted octanol–water partition coefficient (Wildman–Crippen LogP) is 2.35. The Labute approximate surface area is 78.1 Å². The first-order valence-electron chi connectivity index (χ1n) is 4.05. The lowest BCUT2D eigenvalue weighted by Gasteiger charge is -1.83. The van der Waals surface area contributed by atoms with Gasteiger partial charge in [-0.25, -0.2) is 0 Å². The molecule has 0 aliphatic rings. The summed E-state index contributed by atoms with van der Waals surface area (Å²) in [6.45, 7) is 0. The third-order valence-electron chi connectivity index (χ3n) is 1.37. The van der Waals surface area contributed by atoms with Gasteiger partial charge in [0.15, 0.2) is 0 Å². The van der Waals surface area contributed by atoms with Crippen molar-refractivity contribution in [1.82, 2.24) is 4.98 Å². The topological polar surface area (TPSA) is 38.9 Å². The smallest absolute Gasteiger partial charge is 0.0344 e. The first-order chi connectivity index (χ1) is 6.39. The fourth-order valence-corrected chi connectivity index (χ4v) is 0.748. The van der Waals surface area contributed by atoms with Crippen LogP contribution in [-0.2, 0) is 0 Å². The number of hydrogen-bond acceptors (Lipinski definition) is 2. The molecular weight excluding hydrogens is 160 g/mol. The van der Waals surface area contributed by atoms with Crippen molar-refractivity contribution in [2.45, 2.75) is 0 Å². The van der Waals surface area contributed by atoms with Gasteiger partial charge in [-0.1, -0.05) is 36.4 Å². The van der Waals surface area contributed by atoms with Gasteiger partial charge in [-0.2, -0.15) is 0 Å². The summed E-state index contributed by atoms with van der Waals surface area (Å²) in [5.41, 5.74) is 6.08. The van der Waals surface area contributed by atoms with Gasteiger partial charge in [-0.15, -0.1) is 0 Å². The van der Waals surface area contributed by atoms with Crippen LogP contribution in [0.2, 0.25) is 0 Å². The number of aromatic nitrogens is 1. The van der Waals surface area contributed by atoms with Crippen molar-refractivity contribution in [2.75, 3.05) is 5.73 Å². The molecule has 2 heteroatoms. The summed E-state index contributed by atoms with van der Waals surface area (Å²) < 4.78 is 0. The van der Waals surface area contributed by atoms with E-state index in [1.54, 1.807) is 24.5 Å². The van der Waals surface area contributed by atoms with Crippen molar-refractivity contribution >= 4 is 5.69 Å². The van der Waals surface area contributed by atoms with Crippen molar-refractivity contribution in [3.8, 4) is 0 Å². The molecule has 2 nitrogen and oxygen atoms in total. The van der Waals surface area contributed by atoms with Crippen molar-refractivity contribution in [1.29, 1.82) is 0 Å². The Hall–Kier alpha value is -1.83. The summed E-state index contributed by atoms with van der Waals surface area (Å²) in [6.07, 6.45) is 3.32. The van der Waals surface area contributed by atoms with Gasteiger partial charge in [0.1, 0.15) is 0 Å². The zero-order valence-corrected chi connectivity index (χ0v) is 7.30. The number of nitrogens with two attached hydrogens (primary N) is 1. The number of hydrogen-bond donors (Lipinski definition) is 1. The number of benzene rings is 1. The maximum Gasteiger partial charge on any atom is 0.0344 e. The number of nitrogens with zero attached hydrogens (tertiary/aromatic N) is 1. The molecule has 1 heterocycles. The highest BCUT2D eigenvalue weighted by Crippen LogP contribution is 1.92.